The maximum Gasteiger partial charge on any atom is 0.311 e. The number of nitrogens with one attached hydrogen (secondary N) is 1. The molecule has 0 saturated carbocycles. The van der Waals surface area contributed by atoms with Gasteiger partial charge < -0.3 is 9.72 Å². The molecule has 82 valence electrons. The van der Waals surface area contributed by atoms with Crippen LogP contribution in [0.15, 0.2) is 16.9 Å². The number of esters is 1. The standard InChI is InChI=1S/C9H9F2NO3/c1-15-8(14)4-6-2-5(9(10)11)3-7(13)12-6/h2-3,9H,4H2,1H3,(H,12,13). The van der Waals surface area contributed by atoms with E-state index in [1.165, 1.54) is 7.11 Å². The van der Waals surface area contributed by atoms with Gasteiger partial charge in [0.25, 0.3) is 6.43 Å². The Hall–Kier alpha value is -1.72. The number of ether oxygens (including phenoxy) is 1. The molecule has 0 unspecified atom stereocenters. The first kappa shape index (κ1) is 11.4. The number of pyridine rings is 1. The van der Waals surface area contributed by atoms with Gasteiger partial charge in [-0.3, -0.25) is 9.59 Å². The van der Waals surface area contributed by atoms with E-state index in [0.717, 1.165) is 12.1 Å². The summed E-state index contributed by atoms with van der Waals surface area (Å²) >= 11 is 0. The van der Waals surface area contributed by atoms with Crippen molar-refractivity contribution in [1.29, 1.82) is 0 Å². The number of H-pyrrole nitrogens is 1. The van der Waals surface area contributed by atoms with Crippen molar-refractivity contribution in [3.05, 3.63) is 33.7 Å². The predicted octanol–water partition coefficient (Wildman–Crippen LogP) is 1.03. The minimum Gasteiger partial charge on any atom is -0.469 e. The number of carbonyl (C=O) groups excluding carboxylic acids is 1. The summed E-state index contributed by atoms with van der Waals surface area (Å²) in [4.78, 5) is 24.1. The summed E-state index contributed by atoms with van der Waals surface area (Å²) in [5.41, 5.74) is -0.950. The summed E-state index contributed by atoms with van der Waals surface area (Å²) in [7, 11) is 1.18. The highest BCUT2D eigenvalue weighted by Gasteiger charge is 2.11. The number of rotatable bonds is 3. The zero-order chi connectivity index (χ0) is 11.4. The summed E-state index contributed by atoms with van der Waals surface area (Å²) in [5.74, 6) is -0.600. The number of halogens is 2. The number of hydrogen-bond acceptors (Lipinski definition) is 3. The molecule has 6 heteroatoms. The fraction of sp³-hybridized carbons (Fsp3) is 0.333. The second-order valence-corrected chi connectivity index (χ2v) is 2.86. The molecule has 1 heterocycles. The van der Waals surface area contributed by atoms with E-state index in [4.69, 9.17) is 0 Å². The van der Waals surface area contributed by atoms with Gasteiger partial charge in [0.15, 0.2) is 0 Å². The molecule has 0 saturated heterocycles. The molecule has 0 aromatic carbocycles. The van der Waals surface area contributed by atoms with Crippen molar-refractivity contribution in [3.63, 3.8) is 0 Å². The highest BCUT2D eigenvalue weighted by molar-refractivity contribution is 5.71. The second kappa shape index (κ2) is 4.68. The molecule has 0 atom stereocenters. The Balaban J connectivity index is 2.99. The molecule has 0 radical (unpaired) electrons. The first-order valence-electron chi connectivity index (χ1n) is 4.11. The minimum atomic E-state index is -2.73. The normalized spacial score (nSPS) is 10.4. The molecule has 0 aliphatic heterocycles. The summed E-state index contributed by atoms with van der Waals surface area (Å²) in [6.45, 7) is 0. The van der Waals surface area contributed by atoms with E-state index in [1.54, 1.807) is 0 Å². The lowest BCUT2D eigenvalue weighted by Gasteiger charge is -2.03. The molecule has 1 rings (SSSR count). The van der Waals surface area contributed by atoms with Crippen LogP contribution in [0.25, 0.3) is 0 Å². The van der Waals surface area contributed by atoms with Gasteiger partial charge in [-0.25, -0.2) is 8.78 Å². The van der Waals surface area contributed by atoms with E-state index >= 15 is 0 Å². The Kier molecular flexibility index (Phi) is 3.54. The summed E-state index contributed by atoms with van der Waals surface area (Å²) < 4.78 is 28.9. The SMILES string of the molecule is COC(=O)Cc1cc(C(F)F)cc(=O)[nH]1. The van der Waals surface area contributed by atoms with Crippen LogP contribution in [0, 0.1) is 0 Å². The van der Waals surface area contributed by atoms with Gasteiger partial charge in [0.05, 0.1) is 13.5 Å². The monoisotopic (exact) mass is 217 g/mol. The zero-order valence-corrected chi connectivity index (χ0v) is 7.92. The average Bonchev–Trinajstić information content (AvgIpc) is 2.16. The van der Waals surface area contributed by atoms with Crippen LogP contribution in [0.5, 0.6) is 0 Å². The van der Waals surface area contributed by atoms with E-state index in [0.29, 0.717) is 0 Å². The summed E-state index contributed by atoms with van der Waals surface area (Å²) in [5, 5.41) is 0. The molecule has 0 bridgehead atoms. The molecule has 1 N–H and O–H groups in total. The van der Waals surface area contributed by atoms with Crippen molar-refractivity contribution in [2.75, 3.05) is 7.11 Å². The Morgan fingerprint density at radius 3 is 2.73 bits per heavy atom. The van der Waals surface area contributed by atoms with E-state index in [-0.39, 0.29) is 12.1 Å². The number of carbonyl (C=O) groups is 1. The van der Waals surface area contributed by atoms with Gasteiger partial charge in [-0.2, -0.15) is 0 Å². The fourth-order valence-electron chi connectivity index (χ4n) is 1.07. The maximum absolute atomic E-state index is 12.3. The Morgan fingerprint density at radius 1 is 1.53 bits per heavy atom. The van der Waals surface area contributed by atoms with Crippen LogP contribution in [-0.4, -0.2) is 18.1 Å². The van der Waals surface area contributed by atoms with E-state index in [1.807, 2.05) is 0 Å². The first-order valence-corrected chi connectivity index (χ1v) is 4.11. The van der Waals surface area contributed by atoms with Crippen LogP contribution in [0.1, 0.15) is 17.7 Å². The van der Waals surface area contributed by atoms with Gasteiger partial charge in [0.2, 0.25) is 5.56 Å². The van der Waals surface area contributed by atoms with Crippen molar-refractivity contribution < 1.29 is 18.3 Å². The summed E-state index contributed by atoms with van der Waals surface area (Å²) in [6, 6.07) is 1.87. The topological polar surface area (TPSA) is 59.2 Å². The number of alkyl halides is 2. The van der Waals surface area contributed by atoms with Crippen molar-refractivity contribution in [2.24, 2.45) is 0 Å². The van der Waals surface area contributed by atoms with Crippen LogP contribution in [0.2, 0.25) is 0 Å². The largest absolute Gasteiger partial charge is 0.469 e. The predicted molar refractivity (Wildman–Crippen MR) is 47.7 cm³/mol. The highest BCUT2D eigenvalue weighted by Crippen LogP contribution is 2.17. The molecule has 0 spiro atoms. The van der Waals surface area contributed by atoms with Crippen molar-refractivity contribution >= 4 is 5.97 Å². The van der Waals surface area contributed by atoms with Crippen LogP contribution >= 0.6 is 0 Å². The fourth-order valence-corrected chi connectivity index (χ4v) is 1.07. The molecule has 0 aliphatic carbocycles. The van der Waals surface area contributed by atoms with Crippen LogP contribution in [-0.2, 0) is 16.0 Å². The van der Waals surface area contributed by atoms with Gasteiger partial charge in [-0.1, -0.05) is 0 Å². The van der Waals surface area contributed by atoms with Crippen LogP contribution < -0.4 is 5.56 Å². The van der Waals surface area contributed by atoms with Crippen LogP contribution in [0.3, 0.4) is 0 Å². The van der Waals surface area contributed by atoms with Crippen molar-refractivity contribution in [3.8, 4) is 0 Å². The molecule has 0 fully saturated rings. The Bertz CT molecular complexity index is 414. The molecule has 0 amide bonds. The number of methoxy groups -OCH3 is 1. The highest BCUT2D eigenvalue weighted by atomic mass is 19.3. The van der Waals surface area contributed by atoms with E-state index < -0.39 is 23.5 Å². The third-order valence-corrected chi connectivity index (χ3v) is 1.74. The average molecular weight is 217 g/mol. The molecular weight excluding hydrogens is 208 g/mol. The van der Waals surface area contributed by atoms with Gasteiger partial charge in [-0.15, -0.1) is 0 Å². The Morgan fingerprint density at radius 2 is 2.20 bits per heavy atom. The van der Waals surface area contributed by atoms with Crippen LogP contribution in [0.4, 0.5) is 8.78 Å². The summed E-state index contributed by atoms with van der Waals surface area (Å²) in [6.07, 6.45) is -2.96. The molecule has 0 aliphatic rings. The van der Waals surface area contributed by atoms with Crippen molar-refractivity contribution in [2.45, 2.75) is 12.8 Å². The first-order chi connectivity index (χ1) is 7.02. The lowest BCUT2D eigenvalue weighted by atomic mass is 10.2. The number of aromatic nitrogens is 1. The van der Waals surface area contributed by atoms with Crippen molar-refractivity contribution in [1.82, 2.24) is 4.98 Å². The molecule has 4 nitrogen and oxygen atoms in total. The maximum atomic E-state index is 12.3. The lowest BCUT2D eigenvalue weighted by Crippen LogP contribution is -2.13. The third-order valence-electron chi connectivity index (χ3n) is 1.74. The van der Waals surface area contributed by atoms with E-state index in [2.05, 4.69) is 9.72 Å². The van der Waals surface area contributed by atoms with Gasteiger partial charge in [0, 0.05) is 17.3 Å². The minimum absolute atomic E-state index is 0.115. The lowest BCUT2D eigenvalue weighted by molar-refractivity contribution is -0.139. The Labute approximate surface area is 83.9 Å². The molecule has 1 aromatic heterocycles. The van der Waals surface area contributed by atoms with Gasteiger partial charge >= 0.3 is 5.97 Å². The molecule has 15 heavy (non-hydrogen) atoms. The molecule has 1 aromatic rings. The third kappa shape index (κ3) is 3.16. The van der Waals surface area contributed by atoms with Gasteiger partial charge in [0.1, 0.15) is 0 Å². The quantitative estimate of drug-likeness (QED) is 0.769. The second-order valence-electron chi connectivity index (χ2n) is 2.86. The van der Waals surface area contributed by atoms with Gasteiger partial charge in [-0.05, 0) is 6.07 Å². The number of aromatic amines is 1. The van der Waals surface area contributed by atoms with E-state index in [9.17, 15) is 18.4 Å². The molecular formula is C9H9F2NO3. The zero-order valence-electron chi connectivity index (χ0n) is 7.92. The number of hydrogen-bond donors (Lipinski definition) is 1. The smallest absolute Gasteiger partial charge is 0.311 e.